The van der Waals surface area contributed by atoms with Crippen molar-refractivity contribution in [3.63, 3.8) is 0 Å². The predicted molar refractivity (Wildman–Crippen MR) is 63.5 cm³/mol. The number of hydrogen-bond acceptors (Lipinski definition) is 3. The topological polar surface area (TPSA) is 35.5 Å². The van der Waals surface area contributed by atoms with E-state index in [2.05, 4.69) is 0 Å². The molecule has 16 heavy (non-hydrogen) atoms. The van der Waals surface area contributed by atoms with Gasteiger partial charge < -0.3 is 9.47 Å². The lowest BCUT2D eigenvalue weighted by Crippen LogP contribution is -1.95. The summed E-state index contributed by atoms with van der Waals surface area (Å²) in [4.78, 5) is 10.1. The van der Waals surface area contributed by atoms with Crippen molar-refractivity contribution in [1.29, 1.82) is 0 Å². The summed E-state index contributed by atoms with van der Waals surface area (Å²) in [5.74, 6) is 1.47. The smallest absolute Gasteiger partial charge is 0.225 e. The highest BCUT2D eigenvalue weighted by atomic mass is 16.5. The van der Waals surface area contributed by atoms with Crippen molar-refractivity contribution in [2.45, 2.75) is 13.8 Å². The molecule has 85 valence electrons. The van der Waals surface area contributed by atoms with Crippen LogP contribution in [0.15, 0.2) is 24.3 Å². The van der Waals surface area contributed by atoms with E-state index in [1.807, 2.05) is 32.0 Å². The van der Waals surface area contributed by atoms with Crippen LogP contribution in [0.1, 0.15) is 19.4 Å². The second-order valence-corrected chi connectivity index (χ2v) is 3.05. The maximum absolute atomic E-state index is 10.1. The lowest BCUT2D eigenvalue weighted by atomic mass is 10.2. The van der Waals surface area contributed by atoms with Gasteiger partial charge >= 0.3 is 0 Å². The van der Waals surface area contributed by atoms with Crippen LogP contribution in [0, 0.1) is 0 Å². The summed E-state index contributed by atoms with van der Waals surface area (Å²) in [6, 6.07) is 5.52. The number of hydrogen-bond donors (Lipinski definition) is 0. The Morgan fingerprint density at radius 2 is 1.69 bits per heavy atom. The Balaban J connectivity index is 2.97. The number of allylic oxidation sites excluding steroid dienone is 1. The highest BCUT2D eigenvalue weighted by molar-refractivity contribution is 5.75. The van der Waals surface area contributed by atoms with Crippen LogP contribution >= 0.6 is 0 Å². The lowest BCUT2D eigenvalue weighted by molar-refractivity contribution is 0.323. The molecular weight excluding hydrogens is 204 g/mol. The maximum Gasteiger partial charge on any atom is 0.225 e. The zero-order valence-corrected chi connectivity index (χ0v) is 9.53. The van der Waals surface area contributed by atoms with Crippen LogP contribution in [-0.4, -0.2) is 19.5 Å². The van der Waals surface area contributed by atoms with Crippen LogP contribution in [0.2, 0.25) is 0 Å². The molecule has 1 aromatic rings. The van der Waals surface area contributed by atoms with Gasteiger partial charge in [0.1, 0.15) is 11.5 Å². The third kappa shape index (κ3) is 3.77. The minimum atomic E-state index is 0.596. The van der Waals surface area contributed by atoms with E-state index in [0.29, 0.717) is 13.2 Å². The molecule has 0 bridgehead atoms. The summed E-state index contributed by atoms with van der Waals surface area (Å²) in [5.41, 5.74) is 0.859. The Labute approximate surface area is 95.7 Å². The standard InChI is InChI=1S/C13H15O3/c1-3-15-12-8-11(6-5-7-14)9-13(10-12)16-4-2/h5-6,8-10H,3-4H2,1-2H3. The fraction of sp³-hybridized carbons (Fsp3) is 0.308. The number of carbonyl (C=O) groups excluding carboxylic acids is 1. The van der Waals surface area contributed by atoms with Crippen LogP contribution < -0.4 is 9.47 Å². The van der Waals surface area contributed by atoms with E-state index in [4.69, 9.17) is 9.47 Å². The highest BCUT2D eigenvalue weighted by Crippen LogP contribution is 2.23. The molecule has 0 saturated carbocycles. The Morgan fingerprint density at radius 3 is 2.12 bits per heavy atom. The first-order valence-electron chi connectivity index (χ1n) is 5.25. The molecule has 1 rings (SSSR count). The number of ether oxygens (including phenoxy) is 2. The molecule has 0 atom stereocenters. The average Bonchev–Trinajstić information content (AvgIpc) is 2.27. The Bertz CT molecular complexity index is 345. The quantitative estimate of drug-likeness (QED) is 0.690. The lowest BCUT2D eigenvalue weighted by Gasteiger charge is -2.08. The maximum atomic E-state index is 10.1. The monoisotopic (exact) mass is 219 g/mol. The molecule has 0 saturated heterocycles. The van der Waals surface area contributed by atoms with Gasteiger partial charge in [0.05, 0.1) is 13.2 Å². The van der Waals surface area contributed by atoms with Gasteiger partial charge in [-0.05, 0) is 37.6 Å². The van der Waals surface area contributed by atoms with Crippen molar-refractivity contribution in [2.24, 2.45) is 0 Å². The van der Waals surface area contributed by atoms with Gasteiger partial charge in [-0.3, -0.25) is 4.79 Å². The fourth-order valence-electron chi connectivity index (χ4n) is 1.32. The largest absolute Gasteiger partial charge is 0.494 e. The van der Waals surface area contributed by atoms with Gasteiger partial charge in [0.15, 0.2) is 0 Å². The van der Waals surface area contributed by atoms with Gasteiger partial charge in [-0.2, -0.15) is 0 Å². The van der Waals surface area contributed by atoms with E-state index in [1.165, 1.54) is 6.08 Å². The molecule has 1 aromatic carbocycles. The van der Waals surface area contributed by atoms with Crippen LogP contribution in [-0.2, 0) is 4.79 Å². The van der Waals surface area contributed by atoms with Crippen molar-refractivity contribution < 1.29 is 14.3 Å². The Morgan fingerprint density at radius 1 is 1.12 bits per heavy atom. The Hall–Kier alpha value is -1.77. The molecule has 0 heterocycles. The molecule has 0 aliphatic carbocycles. The molecule has 3 nitrogen and oxygen atoms in total. The first-order valence-corrected chi connectivity index (χ1v) is 5.25. The van der Waals surface area contributed by atoms with Gasteiger partial charge in [0, 0.05) is 6.07 Å². The van der Waals surface area contributed by atoms with Crippen molar-refractivity contribution in [1.82, 2.24) is 0 Å². The minimum absolute atomic E-state index is 0.596. The van der Waals surface area contributed by atoms with Crippen molar-refractivity contribution in [3.05, 3.63) is 29.8 Å². The second-order valence-electron chi connectivity index (χ2n) is 3.05. The van der Waals surface area contributed by atoms with E-state index >= 15 is 0 Å². The summed E-state index contributed by atoms with van der Waals surface area (Å²) in [6.07, 6.45) is 4.69. The fourth-order valence-corrected chi connectivity index (χ4v) is 1.32. The first-order chi connectivity index (χ1) is 7.80. The molecule has 0 N–H and O–H groups in total. The van der Waals surface area contributed by atoms with Gasteiger partial charge in [0.2, 0.25) is 6.29 Å². The van der Waals surface area contributed by atoms with E-state index in [1.54, 1.807) is 12.4 Å². The molecule has 0 aliphatic heterocycles. The van der Waals surface area contributed by atoms with E-state index in [-0.39, 0.29) is 0 Å². The molecule has 1 radical (unpaired) electrons. The highest BCUT2D eigenvalue weighted by Gasteiger charge is 2.00. The zero-order valence-electron chi connectivity index (χ0n) is 9.53. The molecule has 0 fully saturated rings. The second kappa shape index (κ2) is 6.67. The third-order valence-corrected chi connectivity index (χ3v) is 1.87. The first kappa shape index (κ1) is 12.3. The molecule has 0 aliphatic rings. The van der Waals surface area contributed by atoms with E-state index < -0.39 is 0 Å². The van der Waals surface area contributed by atoms with E-state index in [0.717, 1.165) is 17.1 Å². The SMILES string of the molecule is CCOc1cc(C=C[C]=O)cc(OCC)c1. The molecule has 0 unspecified atom stereocenters. The summed E-state index contributed by atoms with van der Waals surface area (Å²) >= 11 is 0. The average molecular weight is 219 g/mol. The van der Waals surface area contributed by atoms with Crippen molar-refractivity contribution >= 4 is 12.4 Å². The van der Waals surface area contributed by atoms with Gasteiger partial charge in [-0.15, -0.1) is 0 Å². The summed E-state index contributed by atoms with van der Waals surface area (Å²) in [5, 5.41) is 0. The Kier molecular flexibility index (Phi) is 5.12. The van der Waals surface area contributed by atoms with Crippen molar-refractivity contribution in [2.75, 3.05) is 13.2 Å². The number of rotatable bonds is 6. The van der Waals surface area contributed by atoms with Crippen LogP contribution in [0.4, 0.5) is 0 Å². The summed E-state index contributed by atoms with van der Waals surface area (Å²) in [7, 11) is 0. The molecular formula is C13H15O3. The molecule has 0 aromatic heterocycles. The van der Waals surface area contributed by atoms with Crippen molar-refractivity contribution in [3.8, 4) is 11.5 Å². The summed E-state index contributed by atoms with van der Waals surface area (Å²) in [6.45, 7) is 5.03. The third-order valence-electron chi connectivity index (χ3n) is 1.87. The van der Waals surface area contributed by atoms with Crippen LogP contribution in [0.25, 0.3) is 6.08 Å². The van der Waals surface area contributed by atoms with Crippen LogP contribution in [0.5, 0.6) is 11.5 Å². The molecule has 0 amide bonds. The van der Waals surface area contributed by atoms with Gasteiger partial charge in [0.25, 0.3) is 0 Å². The van der Waals surface area contributed by atoms with E-state index in [9.17, 15) is 4.79 Å². The number of benzene rings is 1. The normalized spacial score (nSPS) is 10.4. The summed E-state index contributed by atoms with van der Waals surface area (Å²) < 4.78 is 10.8. The minimum Gasteiger partial charge on any atom is -0.494 e. The predicted octanol–water partition coefficient (Wildman–Crippen LogP) is 2.61. The zero-order chi connectivity index (χ0) is 11.8. The van der Waals surface area contributed by atoms with Gasteiger partial charge in [-0.25, -0.2) is 0 Å². The van der Waals surface area contributed by atoms with Crippen LogP contribution in [0.3, 0.4) is 0 Å². The van der Waals surface area contributed by atoms with Gasteiger partial charge in [-0.1, -0.05) is 6.08 Å². The molecule has 0 spiro atoms. The molecule has 3 heteroatoms.